The lowest BCUT2D eigenvalue weighted by Gasteiger charge is -2.39. The molecule has 1 aliphatic heterocycles. The van der Waals surface area contributed by atoms with Gasteiger partial charge in [-0.2, -0.15) is 0 Å². The lowest BCUT2D eigenvalue weighted by Crippen LogP contribution is -2.51. The van der Waals surface area contributed by atoms with Crippen molar-refractivity contribution in [3.8, 4) is 0 Å². The molecule has 0 saturated carbocycles. The van der Waals surface area contributed by atoms with Crippen molar-refractivity contribution in [3.63, 3.8) is 0 Å². The van der Waals surface area contributed by atoms with Crippen LogP contribution in [0.5, 0.6) is 0 Å². The molecule has 0 aromatic rings. The molecule has 0 aliphatic carbocycles. The number of methoxy groups -OCH3 is 1. The second kappa shape index (κ2) is 7.20. The summed E-state index contributed by atoms with van der Waals surface area (Å²) in [7, 11) is 1.80. The third-order valence-corrected chi connectivity index (χ3v) is 3.31. The van der Waals surface area contributed by atoms with Crippen molar-refractivity contribution in [2.75, 3.05) is 33.4 Å². The lowest BCUT2D eigenvalue weighted by atomic mass is 10.0. The summed E-state index contributed by atoms with van der Waals surface area (Å²) >= 11 is 0. The van der Waals surface area contributed by atoms with Crippen LogP contribution in [0, 0.1) is 0 Å². The molecule has 0 bridgehead atoms. The molecule has 15 heavy (non-hydrogen) atoms. The molecule has 1 N–H and O–H groups in total. The Balaban J connectivity index is 2.44. The summed E-state index contributed by atoms with van der Waals surface area (Å²) in [6.07, 6.45) is 4.07. The average Bonchev–Trinajstić information content (AvgIpc) is 2.25. The monoisotopic (exact) mass is 214 g/mol. The van der Waals surface area contributed by atoms with Crippen LogP contribution in [0.15, 0.2) is 0 Å². The highest BCUT2D eigenvalue weighted by molar-refractivity contribution is 4.81. The summed E-state index contributed by atoms with van der Waals surface area (Å²) in [4.78, 5) is 2.61. The molecule has 0 aromatic heterocycles. The number of nitrogens with one attached hydrogen (secondary N) is 1. The minimum atomic E-state index is 0.547. The first-order valence-electron chi connectivity index (χ1n) is 6.25. The van der Waals surface area contributed by atoms with Crippen molar-refractivity contribution in [1.29, 1.82) is 0 Å². The predicted octanol–water partition coefficient (Wildman–Crippen LogP) is 1.49. The quantitative estimate of drug-likeness (QED) is 0.725. The molecule has 2 unspecified atom stereocenters. The van der Waals surface area contributed by atoms with Crippen LogP contribution in [0.2, 0.25) is 0 Å². The highest BCUT2D eigenvalue weighted by Gasteiger charge is 2.25. The largest absolute Gasteiger partial charge is 0.383 e. The molecule has 0 amide bonds. The molecule has 3 nitrogen and oxygen atoms in total. The second-order valence-corrected chi connectivity index (χ2v) is 4.50. The fourth-order valence-corrected chi connectivity index (χ4v) is 2.44. The van der Waals surface area contributed by atoms with E-state index in [0.29, 0.717) is 6.04 Å². The smallest absolute Gasteiger partial charge is 0.0630 e. The van der Waals surface area contributed by atoms with Crippen molar-refractivity contribution in [2.45, 2.75) is 45.2 Å². The summed E-state index contributed by atoms with van der Waals surface area (Å²) < 4.78 is 5.32. The van der Waals surface area contributed by atoms with Gasteiger partial charge in [-0.15, -0.1) is 0 Å². The Labute approximate surface area is 94.2 Å². The van der Waals surface area contributed by atoms with Crippen LogP contribution in [-0.2, 0) is 4.74 Å². The predicted molar refractivity (Wildman–Crippen MR) is 64.2 cm³/mol. The Morgan fingerprint density at radius 1 is 1.47 bits per heavy atom. The number of piperidine rings is 1. The first kappa shape index (κ1) is 12.9. The summed E-state index contributed by atoms with van der Waals surface area (Å²) in [5.74, 6) is 0. The van der Waals surface area contributed by atoms with E-state index in [2.05, 4.69) is 24.1 Å². The van der Waals surface area contributed by atoms with Gasteiger partial charge in [-0.1, -0.05) is 13.3 Å². The third kappa shape index (κ3) is 4.09. The Morgan fingerprint density at radius 3 is 2.87 bits per heavy atom. The Bertz CT molecular complexity index is 164. The van der Waals surface area contributed by atoms with Crippen molar-refractivity contribution in [1.82, 2.24) is 10.2 Å². The number of likely N-dealkylation sites (tertiary alicyclic amines) is 1. The molecular formula is C12H26N2O. The minimum absolute atomic E-state index is 0.547. The van der Waals surface area contributed by atoms with Gasteiger partial charge in [0.25, 0.3) is 0 Å². The highest BCUT2D eigenvalue weighted by atomic mass is 16.5. The van der Waals surface area contributed by atoms with Gasteiger partial charge in [0.1, 0.15) is 0 Å². The molecule has 0 spiro atoms. The zero-order valence-corrected chi connectivity index (χ0v) is 10.5. The molecule has 1 saturated heterocycles. The van der Waals surface area contributed by atoms with Crippen LogP contribution in [-0.4, -0.2) is 50.3 Å². The zero-order valence-electron chi connectivity index (χ0n) is 10.5. The maximum Gasteiger partial charge on any atom is 0.0630 e. The molecule has 0 radical (unpaired) electrons. The van der Waals surface area contributed by atoms with Crippen molar-refractivity contribution in [2.24, 2.45) is 0 Å². The summed E-state index contributed by atoms with van der Waals surface area (Å²) in [5.41, 5.74) is 0. The number of likely N-dealkylation sites (N-methyl/N-ethyl adjacent to an activating group) is 1. The zero-order chi connectivity index (χ0) is 11.1. The summed E-state index contributed by atoms with van der Waals surface area (Å²) in [5, 5.41) is 3.43. The first-order chi connectivity index (χ1) is 7.29. The molecule has 1 heterocycles. The van der Waals surface area contributed by atoms with Gasteiger partial charge < -0.3 is 10.1 Å². The number of nitrogens with zero attached hydrogens (tertiary/aromatic N) is 1. The lowest BCUT2D eigenvalue weighted by molar-refractivity contribution is 0.0467. The third-order valence-electron chi connectivity index (χ3n) is 3.31. The van der Waals surface area contributed by atoms with Gasteiger partial charge in [-0.25, -0.2) is 0 Å². The Hall–Kier alpha value is -0.120. The van der Waals surface area contributed by atoms with Crippen molar-refractivity contribution < 1.29 is 4.74 Å². The molecule has 0 aromatic carbocycles. The number of rotatable bonds is 6. The molecule has 1 aliphatic rings. The van der Waals surface area contributed by atoms with Gasteiger partial charge in [0.05, 0.1) is 6.61 Å². The van der Waals surface area contributed by atoms with E-state index in [1.807, 2.05) is 0 Å². The van der Waals surface area contributed by atoms with Gasteiger partial charge in [0, 0.05) is 25.7 Å². The van der Waals surface area contributed by atoms with Gasteiger partial charge in [-0.3, -0.25) is 4.90 Å². The first-order valence-corrected chi connectivity index (χ1v) is 6.25. The fraction of sp³-hybridized carbons (Fsp3) is 1.00. The second-order valence-electron chi connectivity index (χ2n) is 4.50. The molecule has 90 valence electrons. The van der Waals surface area contributed by atoms with Crippen LogP contribution in [0.25, 0.3) is 0 Å². The Morgan fingerprint density at radius 2 is 2.27 bits per heavy atom. The van der Waals surface area contributed by atoms with Crippen molar-refractivity contribution in [3.05, 3.63) is 0 Å². The standard InChI is InChI=1S/C12H26N2O/c1-4-13-9-12(10-15-3)14-8-6-5-7-11(14)2/h11-13H,4-10H2,1-3H3. The van der Waals surface area contributed by atoms with E-state index in [1.165, 1.54) is 25.8 Å². The molecule has 2 atom stereocenters. The average molecular weight is 214 g/mol. The van der Waals surface area contributed by atoms with E-state index in [4.69, 9.17) is 4.74 Å². The number of hydrogen-bond donors (Lipinski definition) is 1. The maximum absolute atomic E-state index is 5.32. The van der Waals surface area contributed by atoms with Gasteiger partial charge in [-0.05, 0) is 32.9 Å². The van der Waals surface area contributed by atoms with E-state index in [-0.39, 0.29) is 0 Å². The SMILES string of the molecule is CCNCC(COC)N1CCCCC1C. The van der Waals surface area contributed by atoms with E-state index in [9.17, 15) is 0 Å². The maximum atomic E-state index is 5.32. The van der Waals surface area contributed by atoms with Crippen LogP contribution in [0.4, 0.5) is 0 Å². The topological polar surface area (TPSA) is 24.5 Å². The van der Waals surface area contributed by atoms with Crippen molar-refractivity contribution >= 4 is 0 Å². The fourth-order valence-electron chi connectivity index (χ4n) is 2.44. The van der Waals surface area contributed by atoms with Gasteiger partial charge >= 0.3 is 0 Å². The molecule has 1 fully saturated rings. The highest BCUT2D eigenvalue weighted by Crippen LogP contribution is 2.19. The van der Waals surface area contributed by atoms with E-state index >= 15 is 0 Å². The van der Waals surface area contributed by atoms with Crippen LogP contribution in [0.3, 0.4) is 0 Å². The van der Waals surface area contributed by atoms with Crippen LogP contribution < -0.4 is 5.32 Å². The summed E-state index contributed by atoms with van der Waals surface area (Å²) in [6.45, 7) is 8.67. The molecule has 3 heteroatoms. The van der Waals surface area contributed by atoms with E-state index in [0.717, 1.165) is 25.7 Å². The Kier molecular flexibility index (Phi) is 6.22. The van der Waals surface area contributed by atoms with Gasteiger partial charge in [0.15, 0.2) is 0 Å². The number of ether oxygens (including phenoxy) is 1. The normalized spacial score (nSPS) is 25.4. The van der Waals surface area contributed by atoms with Crippen LogP contribution >= 0.6 is 0 Å². The summed E-state index contributed by atoms with van der Waals surface area (Å²) in [6, 6.07) is 1.27. The number of hydrogen-bond acceptors (Lipinski definition) is 3. The van der Waals surface area contributed by atoms with E-state index in [1.54, 1.807) is 7.11 Å². The van der Waals surface area contributed by atoms with Gasteiger partial charge in [0.2, 0.25) is 0 Å². The minimum Gasteiger partial charge on any atom is -0.383 e. The van der Waals surface area contributed by atoms with Crippen LogP contribution in [0.1, 0.15) is 33.1 Å². The molecule has 1 rings (SSSR count). The van der Waals surface area contributed by atoms with E-state index < -0.39 is 0 Å². The molecular weight excluding hydrogens is 188 g/mol.